The summed E-state index contributed by atoms with van der Waals surface area (Å²) in [5.41, 5.74) is 3.20. The number of methoxy groups -OCH3 is 1. The van der Waals surface area contributed by atoms with Gasteiger partial charge in [-0.25, -0.2) is 0 Å². The third kappa shape index (κ3) is 3.31. The van der Waals surface area contributed by atoms with Crippen molar-refractivity contribution < 1.29 is 19.1 Å². The average molecular weight is 438 g/mol. The van der Waals surface area contributed by atoms with Crippen LogP contribution < -0.4 is 9.64 Å². The molecule has 2 unspecified atom stereocenters. The maximum atomic E-state index is 13.4. The molecule has 1 fully saturated rings. The van der Waals surface area contributed by atoms with E-state index >= 15 is 0 Å². The minimum Gasteiger partial charge on any atom is -0.497 e. The van der Waals surface area contributed by atoms with Crippen LogP contribution in [0.25, 0.3) is 6.08 Å². The van der Waals surface area contributed by atoms with Gasteiger partial charge in [0.05, 0.1) is 24.3 Å². The number of hydrogen-bond acceptors (Lipinski definition) is 4. The van der Waals surface area contributed by atoms with Crippen molar-refractivity contribution in [3.63, 3.8) is 0 Å². The van der Waals surface area contributed by atoms with Crippen LogP contribution in [0.2, 0.25) is 0 Å². The quantitative estimate of drug-likeness (QED) is 0.443. The van der Waals surface area contributed by atoms with Gasteiger partial charge in [0.2, 0.25) is 0 Å². The zero-order chi connectivity index (χ0) is 23.1. The van der Waals surface area contributed by atoms with Gasteiger partial charge in [0, 0.05) is 5.69 Å². The highest BCUT2D eigenvalue weighted by molar-refractivity contribution is 6.25. The van der Waals surface area contributed by atoms with Crippen LogP contribution in [0.15, 0.2) is 84.4 Å². The van der Waals surface area contributed by atoms with Crippen molar-refractivity contribution in [1.29, 1.82) is 0 Å². The molecule has 6 heteroatoms. The number of anilines is 1. The highest BCUT2D eigenvalue weighted by Gasteiger charge is 2.57. The van der Waals surface area contributed by atoms with Gasteiger partial charge >= 0.3 is 0 Å². The molecule has 6 nitrogen and oxygen atoms in total. The summed E-state index contributed by atoms with van der Waals surface area (Å²) in [7, 11) is 1.58. The van der Waals surface area contributed by atoms with Crippen molar-refractivity contribution in [2.45, 2.75) is 19.0 Å². The van der Waals surface area contributed by atoms with E-state index in [0.29, 0.717) is 22.6 Å². The zero-order valence-corrected chi connectivity index (χ0v) is 18.3. The summed E-state index contributed by atoms with van der Waals surface area (Å²) in [6.45, 7) is 1.92. The summed E-state index contributed by atoms with van der Waals surface area (Å²) < 4.78 is 5.23. The fraction of sp³-hybridized carbons (Fsp3) is 0.148. The summed E-state index contributed by atoms with van der Waals surface area (Å²) in [5, 5.41) is 0. The molecular weight excluding hydrogens is 416 g/mol. The number of carbonyl (C=O) groups excluding carboxylic acids is 3. The highest BCUT2D eigenvalue weighted by atomic mass is 16.5. The highest BCUT2D eigenvalue weighted by Crippen LogP contribution is 2.39. The molecule has 5 rings (SSSR count). The van der Waals surface area contributed by atoms with Crippen molar-refractivity contribution in [2.75, 3.05) is 12.0 Å². The summed E-state index contributed by atoms with van der Waals surface area (Å²) in [6, 6.07) is 22.2. The molecule has 0 bridgehead atoms. The largest absolute Gasteiger partial charge is 0.497 e. The summed E-state index contributed by atoms with van der Waals surface area (Å²) in [4.78, 5) is 42.5. The molecule has 0 radical (unpaired) electrons. The molecule has 3 aromatic rings. The number of imide groups is 1. The van der Waals surface area contributed by atoms with Gasteiger partial charge in [-0.2, -0.15) is 0 Å². The molecule has 2 heterocycles. The molecule has 0 aromatic heterocycles. The van der Waals surface area contributed by atoms with Crippen molar-refractivity contribution in [1.82, 2.24) is 4.90 Å². The third-order valence-electron chi connectivity index (χ3n) is 6.18. The van der Waals surface area contributed by atoms with Crippen LogP contribution in [0.3, 0.4) is 0 Å². The molecular formula is C27H22N2O4. The number of carbonyl (C=O) groups is 3. The van der Waals surface area contributed by atoms with Crippen LogP contribution >= 0.6 is 0 Å². The lowest BCUT2D eigenvalue weighted by molar-refractivity contribution is -0.129. The minimum atomic E-state index is -0.903. The first-order valence-electron chi connectivity index (χ1n) is 10.7. The Labute approximate surface area is 191 Å². The van der Waals surface area contributed by atoms with E-state index in [0.717, 1.165) is 16.0 Å². The number of fused-ring (bicyclic) bond motifs is 1. The molecule has 2 atom stereocenters. The number of amides is 3. The van der Waals surface area contributed by atoms with E-state index < -0.39 is 23.9 Å². The Morgan fingerprint density at radius 1 is 0.788 bits per heavy atom. The van der Waals surface area contributed by atoms with Gasteiger partial charge in [-0.3, -0.25) is 19.3 Å². The van der Waals surface area contributed by atoms with Crippen LogP contribution in [0.4, 0.5) is 5.69 Å². The SMILES string of the molecule is COc1ccc(N2C(=O)C(N3C(=O)c4ccccc4C3=O)C2C(C)=Cc2ccccc2)cc1. The molecule has 2 aliphatic rings. The number of β-lactam (4-membered cyclic amide) rings is 1. The first-order valence-corrected chi connectivity index (χ1v) is 10.7. The van der Waals surface area contributed by atoms with Crippen molar-refractivity contribution >= 4 is 29.5 Å². The average Bonchev–Trinajstić information content (AvgIpc) is 3.09. The second-order valence-electron chi connectivity index (χ2n) is 8.12. The molecule has 0 aliphatic carbocycles. The van der Waals surface area contributed by atoms with Gasteiger partial charge in [-0.05, 0) is 54.5 Å². The van der Waals surface area contributed by atoms with Crippen molar-refractivity contribution in [3.8, 4) is 5.75 Å². The van der Waals surface area contributed by atoms with Crippen molar-refractivity contribution in [3.05, 3.63) is 101 Å². The van der Waals surface area contributed by atoms with Crippen LogP contribution in [-0.2, 0) is 4.79 Å². The van der Waals surface area contributed by atoms with Gasteiger partial charge in [-0.1, -0.05) is 48.5 Å². The second-order valence-corrected chi connectivity index (χ2v) is 8.12. The van der Waals surface area contributed by atoms with Gasteiger partial charge < -0.3 is 9.64 Å². The first kappa shape index (κ1) is 20.7. The lowest BCUT2D eigenvalue weighted by atomic mass is 9.86. The normalized spacial score (nSPS) is 20.1. The minimum absolute atomic E-state index is 0.291. The van der Waals surface area contributed by atoms with E-state index in [1.165, 1.54) is 0 Å². The number of nitrogens with zero attached hydrogens (tertiary/aromatic N) is 2. The number of rotatable bonds is 5. The lowest BCUT2D eigenvalue weighted by Gasteiger charge is -2.50. The van der Waals surface area contributed by atoms with E-state index in [9.17, 15) is 14.4 Å². The molecule has 164 valence electrons. The van der Waals surface area contributed by atoms with Gasteiger partial charge in [0.25, 0.3) is 17.7 Å². The Morgan fingerprint density at radius 2 is 1.36 bits per heavy atom. The standard InChI is InChI=1S/C27H22N2O4/c1-17(16-18-8-4-3-5-9-18)23-24(27(32)28(23)19-12-14-20(33-2)15-13-19)29-25(30)21-10-6-7-11-22(21)26(29)31/h3-16,23-24H,1-2H3. The fourth-order valence-corrected chi connectivity index (χ4v) is 4.57. The van der Waals surface area contributed by atoms with Gasteiger partial charge in [0.15, 0.2) is 0 Å². The molecule has 0 N–H and O–H groups in total. The molecule has 2 aliphatic heterocycles. The molecule has 3 aromatic carbocycles. The summed E-state index contributed by atoms with van der Waals surface area (Å²) in [5.74, 6) is -0.473. The number of ether oxygens (including phenoxy) is 1. The van der Waals surface area contributed by atoms with Crippen molar-refractivity contribution in [2.24, 2.45) is 0 Å². The van der Waals surface area contributed by atoms with E-state index in [1.807, 2.05) is 43.3 Å². The van der Waals surface area contributed by atoms with Gasteiger partial charge in [0.1, 0.15) is 11.8 Å². The van der Waals surface area contributed by atoms with E-state index in [1.54, 1.807) is 60.5 Å². The van der Waals surface area contributed by atoms with E-state index in [4.69, 9.17) is 4.74 Å². The Bertz CT molecular complexity index is 1250. The first-order chi connectivity index (χ1) is 16.0. The van der Waals surface area contributed by atoms with E-state index in [2.05, 4.69) is 0 Å². The Kier molecular flexibility index (Phi) is 5.05. The maximum absolute atomic E-state index is 13.4. The predicted octanol–water partition coefficient (Wildman–Crippen LogP) is 4.18. The Hall–Kier alpha value is -4.19. The number of benzene rings is 3. The maximum Gasteiger partial charge on any atom is 0.262 e. The third-order valence-corrected chi connectivity index (χ3v) is 6.18. The summed E-state index contributed by atoms with van der Waals surface area (Å²) in [6.07, 6.45) is 1.98. The smallest absolute Gasteiger partial charge is 0.262 e. The summed E-state index contributed by atoms with van der Waals surface area (Å²) >= 11 is 0. The van der Waals surface area contributed by atoms with Crippen LogP contribution in [0.5, 0.6) is 5.75 Å². The van der Waals surface area contributed by atoms with Crippen LogP contribution in [0.1, 0.15) is 33.2 Å². The molecule has 0 saturated carbocycles. The molecule has 0 spiro atoms. The second kappa shape index (κ2) is 8.06. The monoisotopic (exact) mass is 438 g/mol. The molecule has 1 saturated heterocycles. The number of hydrogen-bond donors (Lipinski definition) is 0. The van der Waals surface area contributed by atoms with Crippen LogP contribution in [-0.4, -0.2) is 41.8 Å². The Balaban J connectivity index is 1.56. The lowest BCUT2D eigenvalue weighted by Crippen LogP contribution is -2.72. The zero-order valence-electron chi connectivity index (χ0n) is 18.3. The topological polar surface area (TPSA) is 66.9 Å². The Morgan fingerprint density at radius 3 is 1.94 bits per heavy atom. The molecule has 33 heavy (non-hydrogen) atoms. The van der Waals surface area contributed by atoms with E-state index in [-0.39, 0.29) is 5.91 Å². The predicted molar refractivity (Wildman–Crippen MR) is 125 cm³/mol. The fourth-order valence-electron chi connectivity index (χ4n) is 4.57. The molecule has 3 amide bonds. The van der Waals surface area contributed by atoms with Gasteiger partial charge in [-0.15, -0.1) is 0 Å². The van der Waals surface area contributed by atoms with Crippen LogP contribution in [0, 0.1) is 0 Å².